The van der Waals surface area contributed by atoms with Crippen molar-refractivity contribution in [2.24, 2.45) is 29.1 Å². The quantitative estimate of drug-likeness (QED) is 0.0116. The molecule has 0 unspecified atom stereocenters. The van der Waals surface area contributed by atoms with Crippen LogP contribution in [0.3, 0.4) is 0 Å². The van der Waals surface area contributed by atoms with Crippen LogP contribution < -0.4 is 26.6 Å². The molecule has 0 saturated carbocycles. The van der Waals surface area contributed by atoms with Crippen LogP contribution in [0.1, 0.15) is 167 Å². The van der Waals surface area contributed by atoms with Crippen molar-refractivity contribution in [2.75, 3.05) is 83.6 Å². The number of nitrogens with zero attached hydrogens (tertiary/aromatic N) is 1. The first-order valence-electron chi connectivity index (χ1n) is 37.5. The van der Waals surface area contributed by atoms with Crippen LogP contribution in [-0.2, 0) is 116 Å². The normalized spacial score (nSPS) is 17.3. The molecule has 616 valence electrons. The number of cyclic esters (lactones) is 2. The zero-order valence-electron chi connectivity index (χ0n) is 65.3. The molecule has 0 aromatic heterocycles. The number of rotatable bonds is 47. The van der Waals surface area contributed by atoms with E-state index in [0.29, 0.717) is 33.8 Å². The Kier molecular flexibility index (Phi) is 41.9. The monoisotopic (exact) mass is 1600 g/mol. The molecule has 3 aromatic carbocycles. The van der Waals surface area contributed by atoms with Gasteiger partial charge in [-0.05, 0) is 97.5 Å². The maximum Gasteiger partial charge on any atom is 0.407 e. The van der Waals surface area contributed by atoms with Crippen molar-refractivity contribution in [3.8, 4) is 0 Å². The molecule has 0 saturated heterocycles. The summed E-state index contributed by atoms with van der Waals surface area (Å²) in [6.45, 7) is 18.5. The number of ketones is 3. The second-order valence-corrected chi connectivity index (χ2v) is 31.1. The molecule has 6 amide bonds. The number of benzene rings is 3. The average Bonchev–Trinajstić information content (AvgIpc) is 0.839. The number of esters is 2. The van der Waals surface area contributed by atoms with Crippen molar-refractivity contribution < 1.29 is 114 Å². The summed E-state index contributed by atoms with van der Waals surface area (Å²) in [5, 5.41) is 35.5. The number of aliphatic carboxylic acids is 1. The van der Waals surface area contributed by atoms with Crippen molar-refractivity contribution in [1.82, 2.24) is 26.2 Å². The average molecular weight is 1600 g/mol. The molecule has 1 heterocycles. The largest absolute Gasteiger partial charge is 0.481 e. The predicted molar refractivity (Wildman–Crippen MR) is 410 cm³/mol. The molecule has 8 N–H and O–H groups in total. The topological polar surface area (TPSA) is 428 Å². The lowest BCUT2D eigenvalue weighted by Crippen LogP contribution is -2.51. The summed E-state index contributed by atoms with van der Waals surface area (Å²) in [6, 6.07) is 16.9. The highest BCUT2D eigenvalue weighted by Crippen LogP contribution is 2.31. The van der Waals surface area contributed by atoms with Crippen LogP contribution in [0.4, 0.5) is 10.5 Å². The third-order valence-electron chi connectivity index (χ3n) is 18.3. The zero-order chi connectivity index (χ0) is 82.4. The molecule has 111 heavy (non-hydrogen) atoms. The number of aliphatic hydroxyl groups excluding tert-OH is 1. The van der Waals surface area contributed by atoms with Gasteiger partial charge in [0.05, 0.1) is 76.0 Å². The molecule has 1 aliphatic heterocycles. The Bertz CT molecular complexity index is 3700. The number of Topliss-reactive ketones (excluding diaryl/α,β-unsaturated/α-hetero) is 3. The molecule has 3 aromatic rings. The second kappa shape index (κ2) is 49.1. The van der Waals surface area contributed by atoms with Gasteiger partial charge in [-0.25, -0.2) is 9.59 Å². The second-order valence-electron chi connectivity index (χ2n) is 29.1. The summed E-state index contributed by atoms with van der Waals surface area (Å²) in [5.74, 6) is -9.70. The molecule has 0 spiro atoms. The highest BCUT2D eigenvalue weighted by molar-refractivity contribution is 7.85. The van der Waals surface area contributed by atoms with Crippen LogP contribution in [-0.4, -0.2) is 208 Å². The number of hydrogen-bond acceptors (Lipinski definition) is 22. The minimum Gasteiger partial charge on any atom is -0.481 e. The Morgan fingerprint density at radius 3 is 1.95 bits per heavy atom. The lowest BCUT2D eigenvalue weighted by Gasteiger charge is -2.33. The van der Waals surface area contributed by atoms with Gasteiger partial charge in [0.1, 0.15) is 30.3 Å². The number of nitrogens with one attached hydrogen (secondary N) is 5. The SMILES string of the molecule is Cc1ccc(C[C@H]2NC(=O)/C=C/C[C@@H]([C@H](C)[C@@H](O)[C@H](C)c3ccc(CNC(=O)OCc4ccc(NC(=O)[C@H](C)CC(=O)[C@@H](NC(=O)CCN(CCC(=O)O)C(=O)CCC(=O)CCCOCCOCCOCCOCCC(=O)CCS(=O)(=O)O)C(C)C)cc4)cc3)OC(=O)[C@H](CC(C)C)OC(=O)C(C)(C)CNC2=O)cc1Cl. The zero-order valence-corrected chi connectivity index (χ0v) is 66.9. The Hall–Kier alpha value is -8.56. The van der Waals surface area contributed by atoms with Crippen molar-refractivity contribution in [3.05, 3.63) is 112 Å². The summed E-state index contributed by atoms with van der Waals surface area (Å²) >= 11 is 6.40. The lowest BCUT2D eigenvalue weighted by molar-refractivity contribution is -0.180. The number of anilines is 1. The molecular weight excluding hydrogens is 1480 g/mol. The van der Waals surface area contributed by atoms with Gasteiger partial charge in [-0.3, -0.25) is 52.5 Å². The number of amides is 6. The summed E-state index contributed by atoms with van der Waals surface area (Å²) in [5.41, 5.74) is 2.63. The van der Waals surface area contributed by atoms with Crippen LogP contribution in [0.15, 0.2) is 78.9 Å². The van der Waals surface area contributed by atoms with Crippen molar-refractivity contribution in [3.63, 3.8) is 0 Å². The fraction of sp³-hybridized carbons (Fsp3) is 0.595. The number of alkyl carbamates (subject to hydrolysis) is 1. The molecule has 4 rings (SSSR count). The number of carbonyl (C=O) groups excluding carboxylic acids is 11. The predicted octanol–water partition coefficient (Wildman–Crippen LogP) is 7.68. The van der Waals surface area contributed by atoms with Crippen LogP contribution in [0, 0.1) is 36.0 Å². The summed E-state index contributed by atoms with van der Waals surface area (Å²) < 4.78 is 69.2. The highest BCUT2D eigenvalue weighted by Gasteiger charge is 2.39. The molecule has 30 nitrogen and oxygen atoms in total. The molecule has 8 atom stereocenters. The number of carboxylic acids is 1. The first-order valence-corrected chi connectivity index (χ1v) is 39.5. The van der Waals surface area contributed by atoms with E-state index in [2.05, 4.69) is 26.6 Å². The van der Waals surface area contributed by atoms with E-state index < -0.39 is 141 Å². The molecule has 32 heteroatoms. The van der Waals surface area contributed by atoms with Crippen LogP contribution in [0.5, 0.6) is 0 Å². The maximum atomic E-state index is 14.0. The Labute approximate surface area is 655 Å². The minimum absolute atomic E-state index is 0.0178. The van der Waals surface area contributed by atoms with Gasteiger partial charge in [0.2, 0.25) is 29.5 Å². The number of halogens is 1. The molecule has 0 bridgehead atoms. The number of ether oxygens (including phenoxy) is 7. The number of hydrogen-bond donors (Lipinski definition) is 8. The van der Waals surface area contributed by atoms with E-state index in [-0.39, 0.29) is 167 Å². The summed E-state index contributed by atoms with van der Waals surface area (Å²) in [6.07, 6.45) is -2.25. The minimum atomic E-state index is -4.19. The number of carbonyl (C=O) groups is 12. The van der Waals surface area contributed by atoms with Crippen molar-refractivity contribution >= 4 is 98.3 Å². The van der Waals surface area contributed by atoms with E-state index in [1.807, 2.05) is 26.8 Å². The summed E-state index contributed by atoms with van der Waals surface area (Å²) in [7, 11) is -4.19. The smallest absolute Gasteiger partial charge is 0.407 e. The van der Waals surface area contributed by atoms with Gasteiger partial charge in [-0.1, -0.05) is 115 Å². The lowest BCUT2D eigenvalue weighted by atomic mass is 9.84. The van der Waals surface area contributed by atoms with Crippen LogP contribution in [0.25, 0.3) is 0 Å². The van der Waals surface area contributed by atoms with Gasteiger partial charge >= 0.3 is 24.0 Å². The van der Waals surface area contributed by atoms with Crippen LogP contribution in [0.2, 0.25) is 5.02 Å². The van der Waals surface area contributed by atoms with Gasteiger partial charge < -0.3 is 74.9 Å². The number of carboxylic acid groups (broad SMARTS) is 1. The molecule has 1 aliphatic rings. The number of aryl methyl sites for hydroxylation is 1. The first-order chi connectivity index (χ1) is 52.4. The van der Waals surface area contributed by atoms with E-state index >= 15 is 0 Å². The summed E-state index contributed by atoms with van der Waals surface area (Å²) in [4.78, 5) is 158. The third kappa shape index (κ3) is 37.6. The number of aliphatic hydroxyl groups is 1. The maximum absolute atomic E-state index is 14.0. The fourth-order valence-corrected chi connectivity index (χ4v) is 12.0. The highest BCUT2D eigenvalue weighted by atomic mass is 35.5. The fourth-order valence-electron chi connectivity index (χ4n) is 11.3. The van der Waals surface area contributed by atoms with Gasteiger partial charge in [0.25, 0.3) is 10.1 Å². The van der Waals surface area contributed by atoms with Gasteiger partial charge in [0.15, 0.2) is 11.9 Å². The first kappa shape index (κ1) is 94.8. The van der Waals surface area contributed by atoms with Crippen LogP contribution >= 0.6 is 11.6 Å². The third-order valence-corrected chi connectivity index (χ3v) is 19.5. The van der Waals surface area contributed by atoms with Crippen molar-refractivity contribution in [2.45, 2.75) is 196 Å². The molecular formula is C79H113ClN6O24S. The van der Waals surface area contributed by atoms with E-state index in [9.17, 15) is 76.2 Å². The van der Waals surface area contributed by atoms with Gasteiger partial charge in [0, 0.05) is 119 Å². The van der Waals surface area contributed by atoms with E-state index in [0.717, 1.165) is 11.1 Å². The standard InChI is InChI=1S/C79H113ClN6O24S/c1-50(2)43-67-76(98)109-66(14-11-15-68(90)84-64(46-58-17-16-52(5)63(80)45-58)75(97)82-49-79(9,10)77(99)110-67)55(8)73(95)54(7)59-22-18-56(19-23-59)47-81-78(100)108-48-57-20-24-60(25-21-57)83-74(96)53(6)44-65(89)72(51(3)4)85-69(91)28-32-86(33-29-71(93)94)70(92)27-26-61(87)13-12-34-104-36-38-106-40-41-107-39-37-105-35-30-62(88)31-42-111(101,102)103/h11,15-25,45,50-51,53-55,64,66-67,72-73,95H,12-14,26-44,46-49H2,1-10H3,(H,81,100)(H,82,97)(H,83,96)(H,84,90)(H,85,91)(H,93,94)(H,101,102,103)/b15-11+/t53-,54-,55+,64-,66+,67+,72+,73+/m1/s1. The van der Waals surface area contributed by atoms with Crippen molar-refractivity contribution in [1.29, 1.82) is 0 Å². The van der Waals surface area contributed by atoms with Gasteiger partial charge in [-0.15, -0.1) is 0 Å². The molecule has 0 fully saturated rings. The van der Waals surface area contributed by atoms with E-state index in [1.165, 1.54) is 17.1 Å². The van der Waals surface area contributed by atoms with Gasteiger partial charge in [-0.2, -0.15) is 8.42 Å². The Balaban J connectivity index is 1.19. The Morgan fingerprint density at radius 2 is 1.33 bits per heavy atom. The van der Waals surface area contributed by atoms with E-state index in [1.54, 1.807) is 109 Å². The molecule has 0 radical (unpaired) electrons. The Morgan fingerprint density at radius 1 is 0.730 bits per heavy atom. The van der Waals surface area contributed by atoms with E-state index in [4.69, 9.17) is 49.3 Å². The molecule has 0 aliphatic carbocycles.